The van der Waals surface area contributed by atoms with Gasteiger partial charge in [0, 0.05) is 23.5 Å². The molecule has 1 heterocycles. The number of aliphatic hydroxyl groups excluding tert-OH is 1. The Morgan fingerprint density at radius 1 is 1.43 bits per heavy atom. The van der Waals surface area contributed by atoms with Gasteiger partial charge in [-0.3, -0.25) is 10.0 Å². The molecule has 2 rings (SSSR count). The van der Waals surface area contributed by atoms with E-state index in [1.165, 1.54) is 36.0 Å². The van der Waals surface area contributed by atoms with Crippen molar-refractivity contribution in [3.8, 4) is 17.6 Å². The first-order chi connectivity index (χ1) is 13.1. The highest BCUT2D eigenvalue weighted by molar-refractivity contribution is 8.00. The highest BCUT2D eigenvalue weighted by atomic mass is 32.2. The summed E-state index contributed by atoms with van der Waals surface area (Å²) in [6.07, 6.45) is -0.732. The van der Waals surface area contributed by atoms with Crippen LogP contribution in [0.3, 0.4) is 0 Å². The minimum Gasteiger partial charge on any atom is -0.454 e. The van der Waals surface area contributed by atoms with Crippen LogP contribution < -0.4 is 10.2 Å². The third-order valence-electron chi connectivity index (χ3n) is 4.17. The number of carbonyl (C=O) groups excluding carboxylic acids is 1. The van der Waals surface area contributed by atoms with Gasteiger partial charge < -0.3 is 9.84 Å². The Bertz CT molecular complexity index is 858. The number of ether oxygens (including phenoxy) is 1. The molecule has 10 heteroatoms. The van der Waals surface area contributed by atoms with Gasteiger partial charge in [-0.25, -0.2) is 13.9 Å². The van der Waals surface area contributed by atoms with Gasteiger partial charge in [-0.15, -0.1) is 0 Å². The van der Waals surface area contributed by atoms with Crippen LogP contribution in [0, 0.1) is 11.8 Å². The lowest BCUT2D eigenvalue weighted by molar-refractivity contribution is -0.134. The molecule has 0 spiro atoms. The molecule has 1 aromatic carbocycles. The average molecular weight is 429 g/mol. The van der Waals surface area contributed by atoms with E-state index < -0.39 is 33.0 Å². The van der Waals surface area contributed by atoms with Crippen LogP contribution in [0.1, 0.15) is 27.2 Å². The Morgan fingerprint density at radius 3 is 2.64 bits per heavy atom. The van der Waals surface area contributed by atoms with Crippen molar-refractivity contribution < 1.29 is 28.3 Å². The molecule has 0 aliphatic carbocycles. The van der Waals surface area contributed by atoms with Crippen LogP contribution in [-0.4, -0.2) is 58.3 Å². The molecule has 1 amide bonds. The topological polar surface area (TPSA) is 116 Å². The number of hydrogen-bond acceptors (Lipinski definition) is 7. The van der Waals surface area contributed by atoms with E-state index in [4.69, 9.17) is 9.94 Å². The Morgan fingerprint density at radius 2 is 2.07 bits per heavy atom. The summed E-state index contributed by atoms with van der Waals surface area (Å²) < 4.78 is 31.8. The summed E-state index contributed by atoms with van der Waals surface area (Å²) in [4.78, 5) is 12.2. The fourth-order valence-electron chi connectivity index (χ4n) is 2.89. The molecule has 8 nitrogen and oxygen atoms in total. The fourth-order valence-corrected chi connectivity index (χ4v) is 6.00. The highest BCUT2D eigenvalue weighted by Gasteiger charge is 2.48. The van der Waals surface area contributed by atoms with Crippen LogP contribution in [0.15, 0.2) is 29.2 Å². The normalized spacial score (nSPS) is 20.5. The monoisotopic (exact) mass is 428 g/mol. The number of nitrogens with zero attached hydrogens (tertiary/aromatic N) is 1. The van der Waals surface area contributed by atoms with Gasteiger partial charge in [-0.1, -0.05) is 12.8 Å². The summed E-state index contributed by atoms with van der Waals surface area (Å²) in [5.74, 6) is 5.18. The Kier molecular flexibility index (Phi) is 7.36. The predicted molar refractivity (Wildman–Crippen MR) is 105 cm³/mol. The van der Waals surface area contributed by atoms with Gasteiger partial charge in [0.05, 0.1) is 4.90 Å². The number of aliphatic hydroxyl groups is 1. The number of sulfonamides is 1. The second-order valence-corrected chi connectivity index (χ2v) is 10.2. The number of thioether (sulfide) groups is 1. The fraction of sp³-hybridized carbons (Fsp3) is 0.500. The van der Waals surface area contributed by atoms with Gasteiger partial charge in [0.2, 0.25) is 10.0 Å². The number of benzene rings is 1. The van der Waals surface area contributed by atoms with E-state index in [2.05, 4.69) is 11.8 Å². The molecule has 0 bridgehead atoms. The van der Waals surface area contributed by atoms with Crippen LogP contribution in [0.2, 0.25) is 0 Å². The lowest BCUT2D eigenvalue weighted by Crippen LogP contribution is -2.61. The standard InChI is InChI=1S/C18H24N2O6S2/c1-4-5-6-15(21)26-13-7-9-14(10-8-13)28(24,25)20-11-12-27-18(2,3)16(20)17(22)19-23/h7-10,15-16,21,23H,4,11-12H2,1-3H3,(H,19,22). The molecule has 0 aromatic heterocycles. The molecule has 1 aliphatic heterocycles. The molecule has 1 fully saturated rings. The minimum atomic E-state index is -3.99. The van der Waals surface area contributed by atoms with E-state index in [9.17, 15) is 18.3 Å². The lowest BCUT2D eigenvalue weighted by Gasteiger charge is -2.43. The first-order valence-electron chi connectivity index (χ1n) is 8.66. The third-order valence-corrected chi connectivity index (χ3v) is 7.40. The zero-order valence-electron chi connectivity index (χ0n) is 15.9. The van der Waals surface area contributed by atoms with Crippen molar-refractivity contribution in [3.05, 3.63) is 24.3 Å². The zero-order valence-corrected chi connectivity index (χ0v) is 17.5. The van der Waals surface area contributed by atoms with Crippen molar-refractivity contribution in [1.29, 1.82) is 0 Å². The smallest absolute Gasteiger partial charge is 0.263 e. The van der Waals surface area contributed by atoms with Crippen LogP contribution in [0.4, 0.5) is 0 Å². The van der Waals surface area contributed by atoms with Crippen molar-refractivity contribution >= 4 is 27.7 Å². The average Bonchev–Trinajstić information content (AvgIpc) is 2.65. The van der Waals surface area contributed by atoms with Crippen LogP contribution in [0.25, 0.3) is 0 Å². The third kappa shape index (κ3) is 4.98. The summed E-state index contributed by atoms with van der Waals surface area (Å²) in [7, 11) is -3.99. The zero-order chi connectivity index (χ0) is 20.9. The summed E-state index contributed by atoms with van der Waals surface area (Å²) in [6.45, 7) is 5.49. The van der Waals surface area contributed by atoms with Gasteiger partial charge in [0.1, 0.15) is 11.8 Å². The summed E-state index contributed by atoms with van der Waals surface area (Å²) in [6, 6.07) is 4.44. The van der Waals surface area contributed by atoms with Gasteiger partial charge in [0.25, 0.3) is 12.2 Å². The molecule has 2 atom stereocenters. The van der Waals surface area contributed by atoms with Crippen molar-refractivity contribution in [2.45, 2.75) is 49.2 Å². The maximum Gasteiger partial charge on any atom is 0.263 e. The van der Waals surface area contributed by atoms with Crippen molar-refractivity contribution in [2.75, 3.05) is 12.3 Å². The summed E-state index contributed by atoms with van der Waals surface area (Å²) in [5.41, 5.74) is 1.57. The first kappa shape index (κ1) is 22.5. The molecular weight excluding hydrogens is 404 g/mol. The first-order valence-corrected chi connectivity index (χ1v) is 11.1. The van der Waals surface area contributed by atoms with Crippen LogP contribution >= 0.6 is 11.8 Å². The van der Waals surface area contributed by atoms with Gasteiger partial charge >= 0.3 is 0 Å². The number of carbonyl (C=O) groups is 1. The van der Waals surface area contributed by atoms with E-state index in [0.717, 1.165) is 4.31 Å². The van der Waals surface area contributed by atoms with E-state index in [1.807, 2.05) is 6.92 Å². The molecule has 154 valence electrons. The number of amides is 1. The second kappa shape index (κ2) is 9.15. The molecule has 0 radical (unpaired) electrons. The number of hydroxylamine groups is 1. The Hall–Kier alpha value is -1.77. The SMILES string of the molecule is CCC#CC(O)Oc1ccc(S(=O)(=O)N2CCSC(C)(C)C2C(=O)NO)cc1. The van der Waals surface area contributed by atoms with Gasteiger partial charge in [-0.05, 0) is 44.0 Å². The lowest BCUT2D eigenvalue weighted by atomic mass is 10.0. The molecular formula is C18H24N2O6S2. The van der Waals surface area contributed by atoms with Crippen molar-refractivity contribution in [2.24, 2.45) is 0 Å². The van der Waals surface area contributed by atoms with Gasteiger partial charge in [0.15, 0.2) is 0 Å². The largest absolute Gasteiger partial charge is 0.454 e. The molecule has 2 unspecified atom stereocenters. The van der Waals surface area contributed by atoms with E-state index in [0.29, 0.717) is 12.2 Å². The number of rotatable bonds is 5. The Labute approximate surface area is 169 Å². The van der Waals surface area contributed by atoms with E-state index in [1.54, 1.807) is 19.3 Å². The van der Waals surface area contributed by atoms with Crippen LogP contribution in [-0.2, 0) is 14.8 Å². The molecule has 1 aromatic rings. The maximum atomic E-state index is 13.1. The predicted octanol–water partition coefficient (Wildman–Crippen LogP) is 1.19. The Balaban J connectivity index is 2.28. The summed E-state index contributed by atoms with van der Waals surface area (Å²) >= 11 is 1.46. The van der Waals surface area contributed by atoms with E-state index in [-0.39, 0.29) is 17.2 Å². The summed E-state index contributed by atoms with van der Waals surface area (Å²) in [5, 5.41) is 18.7. The molecule has 28 heavy (non-hydrogen) atoms. The number of nitrogens with one attached hydrogen (secondary N) is 1. The van der Waals surface area contributed by atoms with E-state index >= 15 is 0 Å². The maximum absolute atomic E-state index is 13.1. The highest BCUT2D eigenvalue weighted by Crippen LogP contribution is 2.38. The van der Waals surface area contributed by atoms with Crippen molar-refractivity contribution in [3.63, 3.8) is 0 Å². The van der Waals surface area contributed by atoms with Crippen LogP contribution in [0.5, 0.6) is 5.75 Å². The van der Waals surface area contributed by atoms with Crippen molar-refractivity contribution in [1.82, 2.24) is 9.79 Å². The second-order valence-electron chi connectivity index (χ2n) is 6.56. The molecule has 1 saturated heterocycles. The minimum absolute atomic E-state index is 0.0209. The molecule has 1 aliphatic rings. The number of hydrogen-bond donors (Lipinski definition) is 3. The quantitative estimate of drug-likeness (QED) is 0.279. The van der Waals surface area contributed by atoms with Gasteiger partial charge in [-0.2, -0.15) is 16.1 Å². The molecule has 3 N–H and O–H groups in total. The molecule has 0 saturated carbocycles.